The first kappa shape index (κ1) is 25.0. The Morgan fingerprint density at radius 1 is 1.26 bits per heavy atom. The summed E-state index contributed by atoms with van der Waals surface area (Å²) in [6.45, 7) is 3.65. The van der Waals surface area contributed by atoms with Gasteiger partial charge in [0.1, 0.15) is 11.5 Å². The predicted molar refractivity (Wildman–Crippen MR) is 119 cm³/mol. The zero-order valence-electron chi connectivity index (χ0n) is 15.8. The molecule has 7 nitrogen and oxygen atoms in total. The summed E-state index contributed by atoms with van der Waals surface area (Å²) in [7, 11) is 1.40. The minimum absolute atomic E-state index is 0.0595. The van der Waals surface area contributed by atoms with Crippen LogP contribution in [0.25, 0.3) is 5.82 Å². The molecule has 0 saturated heterocycles. The Morgan fingerprint density at radius 3 is 2.48 bits per heavy atom. The number of carbonyl (C=O) groups excluding carboxylic acids is 2. The molecule has 166 valence electrons. The Hall–Kier alpha value is -2.31. The molecule has 0 unspecified atom stereocenters. The minimum atomic E-state index is -4.80. The van der Waals surface area contributed by atoms with E-state index in [2.05, 4.69) is 59.5 Å². The summed E-state index contributed by atoms with van der Waals surface area (Å²) in [5.74, 6) is -1.55. The fourth-order valence-corrected chi connectivity index (χ4v) is 3.89. The third-order valence-electron chi connectivity index (χ3n) is 3.76. The van der Waals surface area contributed by atoms with E-state index in [1.165, 1.54) is 19.2 Å². The number of halogens is 6. The molecule has 1 aromatic carbocycles. The quantitative estimate of drug-likeness (QED) is 0.407. The molecule has 0 atom stereocenters. The number of nitrogens with one attached hydrogen (secondary N) is 3. The van der Waals surface area contributed by atoms with Crippen molar-refractivity contribution in [1.29, 1.82) is 0 Å². The van der Waals surface area contributed by atoms with Gasteiger partial charge < -0.3 is 16.0 Å². The van der Waals surface area contributed by atoms with Gasteiger partial charge in [0.05, 0.1) is 11.3 Å². The molecule has 31 heavy (non-hydrogen) atoms. The largest absolute Gasteiger partial charge is 0.435 e. The highest BCUT2D eigenvalue weighted by Crippen LogP contribution is 2.33. The van der Waals surface area contributed by atoms with E-state index >= 15 is 0 Å². The van der Waals surface area contributed by atoms with Gasteiger partial charge >= 0.3 is 6.18 Å². The number of anilines is 1. The van der Waals surface area contributed by atoms with Crippen LogP contribution in [0.3, 0.4) is 0 Å². The minimum Gasteiger partial charge on any atom is -0.366 e. The summed E-state index contributed by atoms with van der Waals surface area (Å²) < 4.78 is 41.4. The molecule has 0 aliphatic heterocycles. The number of rotatable bonds is 7. The number of carbonyl (C=O) groups is 2. The van der Waals surface area contributed by atoms with Crippen LogP contribution in [0.4, 0.5) is 18.9 Å². The molecule has 0 fully saturated rings. The van der Waals surface area contributed by atoms with E-state index in [0.29, 0.717) is 15.0 Å². The summed E-state index contributed by atoms with van der Waals surface area (Å²) in [4.78, 5) is 25.2. The lowest BCUT2D eigenvalue weighted by Crippen LogP contribution is -2.25. The Bertz CT molecular complexity index is 1050. The first-order valence-electron chi connectivity index (χ1n) is 8.38. The lowest BCUT2D eigenvalue weighted by molar-refractivity contribution is -0.141. The van der Waals surface area contributed by atoms with E-state index in [1.807, 2.05) is 0 Å². The molecule has 0 saturated carbocycles. The van der Waals surface area contributed by atoms with Gasteiger partial charge in [-0.1, -0.05) is 33.6 Å². The van der Waals surface area contributed by atoms with Gasteiger partial charge in [0.25, 0.3) is 11.8 Å². The van der Waals surface area contributed by atoms with Crippen LogP contribution < -0.4 is 16.0 Å². The SMILES string of the molecule is C=CCN/C(=C/Cl)n1nc(C(F)(F)F)cc1C(=O)Nc1c(Br)cc(Br)cc1C(=O)NC. The van der Waals surface area contributed by atoms with Crippen LogP contribution in [0.15, 0.2) is 45.3 Å². The lowest BCUT2D eigenvalue weighted by Gasteiger charge is -2.15. The summed E-state index contributed by atoms with van der Waals surface area (Å²) in [5, 5.41) is 11.1. The maximum absolute atomic E-state index is 13.3. The number of amides is 2. The lowest BCUT2D eigenvalue weighted by atomic mass is 10.1. The average Bonchev–Trinajstić information content (AvgIpc) is 3.15. The van der Waals surface area contributed by atoms with E-state index in [4.69, 9.17) is 11.6 Å². The molecule has 0 radical (unpaired) electrons. The van der Waals surface area contributed by atoms with Gasteiger partial charge in [-0.05, 0) is 28.1 Å². The molecule has 2 amide bonds. The van der Waals surface area contributed by atoms with Crippen molar-refractivity contribution in [3.05, 3.63) is 62.3 Å². The van der Waals surface area contributed by atoms with Crippen molar-refractivity contribution in [1.82, 2.24) is 20.4 Å². The van der Waals surface area contributed by atoms with E-state index in [9.17, 15) is 22.8 Å². The highest BCUT2D eigenvalue weighted by molar-refractivity contribution is 9.11. The number of alkyl halides is 3. The average molecular weight is 586 g/mol. The molecule has 3 N–H and O–H groups in total. The second-order valence-electron chi connectivity index (χ2n) is 5.83. The van der Waals surface area contributed by atoms with Crippen molar-refractivity contribution in [2.75, 3.05) is 18.9 Å². The molecular formula is C18H15Br2ClF3N5O2. The zero-order chi connectivity index (χ0) is 23.3. The van der Waals surface area contributed by atoms with Gasteiger partial charge in [-0.2, -0.15) is 18.3 Å². The smallest absolute Gasteiger partial charge is 0.366 e. The summed E-state index contributed by atoms with van der Waals surface area (Å²) in [5.41, 5.74) is -0.677. The number of hydrogen-bond donors (Lipinski definition) is 3. The van der Waals surface area contributed by atoms with Gasteiger partial charge in [-0.25, -0.2) is 4.68 Å². The summed E-state index contributed by atoms with van der Waals surface area (Å²) in [6.07, 6.45) is -3.36. The number of hydrogen-bond acceptors (Lipinski definition) is 4. The molecule has 1 aromatic heterocycles. The van der Waals surface area contributed by atoms with E-state index in [0.717, 1.165) is 10.2 Å². The molecule has 0 spiro atoms. The number of aromatic nitrogens is 2. The van der Waals surface area contributed by atoms with Crippen LogP contribution in [-0.2, 0) is 6.18 Å². The van der Waals surface area contributed by atoms with Crippen LogP contribution in [0, 0.1) is 0 Å². The highest BCUT2D eigenvalue weighted by atomic mass is 79.9. The molecular weight excluding hydrogens is 570 g/mol. The summed E-state index contributed by atoms with van der Waals surface area (Å²) >= 11 is 12.2. The number of benzene rings is 1. The van der Waals surface area contributed by atoms with E-state index < -0.39 is 29.4 Å². The molecule has 0 aliphatic carbocycles. The van der Waals surface area contributed by atoms with E-state index in [-0.39, 0.29) is 23.6 Å². The Morgan fingerprint density at radius 2 is 1.94 bits per heavy atom. The Balaban J connectivity index is 2.56. The van der Waals surface area contributed by atoms with Gasteiger partial charge in [-0.3, -0.25) is 9.59 Å². The van der Waals surface area contributed by atoms with Crippen molar-refractivity contribution in [3.63, 3.8) is 0 Å². The molecule has 2 rings (SSSR count). The first-order valence-corrected chi connectivity index (χ1v) is 10.4. The molecule has 0 bridgehead atoms. The van der Waals surface area contributed by atoms with Crippen LogP contribution in [0.5, 0.6) is 0 Å². The molecule has 0 aliphatic rings. The van der Waals surface area contributed by atoms with Crippen LogP contribution in [0.2, 0.25) is 0 Å². The molecule has 1 heterocycles. The van der Waals surface area contributed by atoms with Gasteiger partial charge in [-0.15, -0.1) is 6.58 Å². The maximum Gasteiger partial charge on any atom is 0.435 e. The van der Waals surface area contributed by atoms with E-state index in [1.54, 1.807) is 6.07 Å². The molecule has 13 heteroatoms. The fourth-order valence-electron chi connectivity index (χ4n) is 2.39. The van der Waals surface area contributed by atoms with Crippen LogP contribution >= 0.6 is 43.5 Å². The van der Waals surface area contributed by atoms with Crippen molar-refractivity contribution in [2.45, 2.75) is 6.18 Å². The Kier molecular flexibility index (Phi) is 8.32. The maximum atomic E-state index is 13.3. The van der Waals surface area contributed by atoms with Crippen molar-refractivity contribution < 1.29 is 22.8 Å². The second kappa shape index (κ2) is 10.3. The normalized spacial score (nSPS) is 11.8. The Labute approximate surface area is 197 Å². The van der Waals surface area contributed by atoms with Crippen molar-refractivity contribution in [2.24, 2.45) is 0 Å². The van der Waals surface area contributed by atoms with Crippen molar-refractivity contribution in [3.8, 4) is 0 Å². The topological polar surface area (TPSA) is 88.1 Å². The monoisotopic (exact) mass is 583 g/mol. The van der Waals surface area contributed by atoms with Crippen LogP contribution in [-0.4, -0.2) is 35.2 Å². The molecule has 2 aromatic rings. The van der Waals surface area contributed by atoms with Gasteiger partial charge in [0, 0.05) is 34.1 Å². The third-order valence-corrected chi connectivity index (χ3v) is 5.05. The third kappa shape index (κ3) is 5.89. The standard InChI is InChI=1S/C18H15Br2ClF3N5O2/c1-3-4-26-14(8-21)29-12(7-13(28-29)18(22,23)24)17(31)27-15-10(16(30)25-2)5-9(19)6-11(15)20/h3,5-8,26H,1,4H2,2H3,(H,25,30)(H,27,31)/b14-8-. The van der Waals surface area contributed by atoms with Gasteiger partial charge in [0.2, 0.25) is 0 Å². The fraction of sp³-hybridized carbons (Fsp3) is 0.167. The first-order chi connectivity index (χ1) is 14.5. The highest BCUT2D eigenvalue weighted by Gasteiger charge is 2.36. The van der Waals surface area contributed by atoms with Crippen molar-refractivity contribution >= 4 is 66.8 Å². The van der Waals surface area contributed by atoms with Crippen LogP contribution in [0.1, 0.15) is 26.5 Å². The summed E-state index contributed by atoms with van der Waals surface area (Å²) in [6, 6.07) is 3.60. The number of nitrogens with zero attached hydrogens (tertiary/aromatic N) is 2. The second-order valence-corrected chi connectivity index (χ2v) is 7.82. The predicted octanol–water partition coefficient (Wildman–Crippen LogP) is 4.81. The zero-order valence-corrected chi connectivity index (χ0v) is 19.7. The van der Waals surface area contributed by atoms with Gasteiger partial charge in [0.15, 0.2) is 5.69 Å².